The van der Waals surface area contributed by atoms with Gasteiger partial charge in [0.2, 0.25) is 0 Å². The summed E-state index contributed by atoms with van der Waals surface area (Å²) in [6.07, 6.45) is 6.63. The maximum Gasteiger partial charge on any atom is 0.0535 e. The second-order valence-corrected chi connectivity index (χ2v) is 6.79. The number of benzene rings is 1. The predicted octanol–water partition coefficient (Wildman–Crippen LogP) is 4.17. The van der Waals surface area contributed by atoms with Crippen molar-refractivity contribution in [3.05, 3.63) is 35.9 Å². The van der Waals surface area contributed by atoms with E-state index in [1.54, 1.807) is 0 Å². The molecule has 2 rings (SSSR count). The van der Waals surface area contributed by atoms with Crippen LogP contribution < -0.4 is 5.32 Å². The second-order valence-electron chi connectivity index (χ2n) is 6.79. The van der Waals surface area contributed by atoms with Gasteiger partial charge in [-0.05, 0) is 45.3 Å². The number of hydrogen-bond donors (Lipinski definition) is 1. The second kappa shape index (κ2) is 7.95. The van der Waals surface area contributed by atoms with Crippen LogP contribution in [0.4, 0.5) is 0 Å². The van der Waals surface area contributed by atoms with Crippen molar-refractivity contribution in [1.82, 2.24) is 10.2 Å². The Labute approximate surface area is 130 Å². The summed E-state index contributed by atoms with van der Waals surface area (Å²) in [6, 6.07) is 11.6. The van der Waals surface area contributed by atoms with E-state index in [1.807, 2.05) is 0 Å². The van der Waals surface area contributed by atoms with Crippen LogP contribution in [0.15, 0.2) is 30.3 Å². The summed E-state index contributed by atoms with van der Waals surface area (Å²) in [6.45, 7) is 10.5. The fourth-order valence-corrected chi connectivity index (χ4v) is 3.44. The van der Waals surface area contributed by atoms with Crippen LogP contribution in [0.3, 0.4) is 0 Å². The summed E-state index contributed by atoms with van der Waals surface area (Å²) < 4.78 is 0. The lowest BCUT2D eigenvalue weighted by Crippen LogP contribution is -2.48. The van der Waals surface area contributed by atoms with E-state index in [9.17, 15) is 0 Å². The van der Waals surface area contributed by atoms with Crippen molar-refractivity contribution in [1.29, 1.82) is 0 Å². The molecule has 2 unspecified atom stereocenters. The summed E-state index contributed by atoms with van der Waals surface area (Å²) in [4.78, 5) is 2.70. The van der Waals surface area contributed by atoms with Gasteiger partial charge in [-0.15, -0.1) is 0 Å². The SMILES string of the molecule is CCCCCC(C)N1CCCNC(C)(c2ccccc2)C1. The quantitative estimate of drug-likeness (QED) is 0.791. The van der Waals surface area contributed by atoms with E-state index < -0.39 is 0 Å². The fraction of sp³-hybridized carbons (Fsp3) is 0.684. The largest absolute Gasteiger partial charge is 0.307 e. The van der Waals surface area contributed by atoms with Crippen molar-refractivity contribution in [2.24, 2.45) is 0 Å². The first kappa shape index (κ1) is 16.5. The van der Waals surface area contributed by atoms with Crippen molar-refractivity contribution < 1.29 is 0 Å². The van der Waals surface area contributed by atoms with Gasteiger partial charge < -0.3 is 5.32 Å². The Morgan fingerprint density at radius 1 is 1.24 bits per heavy atom. The number of nitrogens with zero attached hydrogens (tertiary/aromatic N) is 1. The summed E-state index contributed by atoms with van der Waals surface area (Å²) in [5, 5.41) is 3.78. The standard InChI is InChI=1S/C19H32N2/c1-4-5-7-11-17(2)21-15-10-14-20-19(3,16-21)18-12-8-6-9-13-18/h6,8-9,12-13,17,20H,4-5,7,10-11,14-16H2,1-3H3. The van der Waals surface area contributed by atoms with Crippen molar-refractivity contribution in [2.75, 3.05) is 19.6 Å². The minimum Gasteiger partial charge on any atom is -0.307 e. The molecule has 1 aromatic carbocycles. The van der Waals surface area contributed by atoms with Crippen LogP contribution in [0.2, 0.25) is 0 Å². The third-order valence-electron chi connectivity index (χ3n) is 4.92. The molecule has 1 aliphatic rings. The van der Waals surface area contributed by atoms with Gasteiger partial charge >= 0.3 is 0 Å². The van der Waals surface area contributed by atoms with E-state index >= 15 is 0 Å². The zero-order valence-corrected chi connectivity index (χ0v) is 14.1. The Bertz CT molecular complexity index is 403. The minimum absolute atomic E-state index is 0.0801. The first-order valence-electron chi connectivity index (χ1n) is 8.70. The van der Waals surface area contributed by atoms with Crippen molar-refractivity contribution in [2.45, 2.75) is 64.5 Å². The van der Waals surface area contributed by atoms with Gasteiger partial charge in [0.25, 0.3) is 0 Å². The Hall–Kier alpha value is -0.860. The van der Waals surface area contributed by atoms with Crippen molar-refractivity contribution >= 4 is 0 Å². The van der Waals surface area contributed by atoms with Gasteiger partial charge in [0.05, 0.1) is 5.54 Å². The van der Waals surface area contributed by atoms with Gasteiger partial charge in [-0.1, -0.05) is 56.5 Å². The molecule has 21 heavy (non-hydrogen) atoms. The Kier molecular flexibility index (Phi) is 6.25. The molecule has 1 N–H and O–H groups in total. The molecule has 0 spiro atoms. The highest BCUT2D eigenvalue weighted by atomic mass is 15.2. The fourth-order valence-electron chi connectivity index (χ4n) is 3.44. The molecule has 0 amide bonds. The highest BCUT2D eigenvalue weighted by Gasteiger charge is 2.32. The summed E-state index contributed by atoms with van der Waals surface area (Å²) in [7, 11) is 0. The van der Waals surface area contributed by atoms with Crippen LogP contribution in [0.1, 0.15) is 58.4 Å². The zero-order valence-electron chi connectivity index (χ0n) is 14.1. The molecule has 0 aliphatic carbocycles. The van der Waals surface area contributed by atoms with E-state index in [4.69, 9.17) is 0 Å². The molecule has 1 fully saturated rings. The average Bonchev–Trinajstić information content (AvgIpc) is 2.71. The highest BCUT2D eigenvalue weighted by Crippen LogP contribution is 2.26. The van der Waals surface area contributed by atoms with Crippen LogP contribution >= 0.6 is 0 Å². The first-order valence-corrected chi connectivity index (χ1v) is 8.70. The summed E-state index contributed by atoms with van der Waals surface area (Å²) in [5.41, 5.74) is 1.49. The van der Waals surface area contributed by atoms with Crippen LogP contribution in [-0.4, -0.2) is 30.6 Å². The Balaban J connectivity index is 2.04. The molecule has 1 aliphatic heterocycles. The van der Waals surface area contributed by atoms with E-state index in [2.05, 4.69) is 61.3 Å². The van der Waals surface area contributed by atoms with Gasteiger partial charge in [-0.2, -0.15) is 0 Å². The predicted molar refractivity (Wildman–Crippen MR) is 91.6 cm³/mol. The average molecular weight is 288 g/mol. The smallest absolute Gasteiger partial charge is 0.0535 e. The third-order valence-corrected chi connectivity index (χ3v) is 4.92. The van der Waals surface area contributed by atoms with Gasteiger partial charge in [0, 0.05) is 12.6 Å². The number of rotatable bonds is 6. The number of hydrogen-bond acceptors (Lipinski definition) is 2. The monoisotopic (exact) mass is 288 g/mol. The summed E-state index contributed by atoms with van der Waals surface area (Å²) >= 11 is 0. The van der Waals surface area contributed by atoms with Gasteiger partial charge in [0.15, 0.2) is 0 Å². The molecular weight excluding hydrogens is 256 g/mol. The minimum atomic E-state index is 0.0801. The lowest BCUT2D eigenvalue weighted by Gasteiger charge is -2.37. The first-order chi connectivity index (χ1) is 10.2. The third kappa shape index (κ3) is 4.55. The molecule has 118 valence electrons. The molecule has 1 heterocycles. The number of nitrogens with one attached hydrogen (secondary N) is 1. The van der Waals surface area contributed by atoms with E-state index in [0.717, 1.165) is 13.1 Å². The van der Waals surface area contributed by atoms with E-state index in [-0.39, 0.29) is 5.54 Å². The lowest BCUT2D eigenvalue weighted by molar-refractivity contribution is 0.162. The normalized spacial score (nSPS) is 25.5. The lowest BCUT2D eigenvalue weighted by atomic mass is 9.91. The molecular formula is C19H32N2. The molecule has 0 saturated carbocycles. The van der Waals surface area contributed by atoms with Crippen LogP contribution in [0.5, 0.6) is 0 Å². The van der Waals surface area contributed by atoms with E-state index in [0.29, 0.717) is 6.04 Å². The molecule has 0 radical (unpaired) electrons. The topological polar surface area (TPSA) is 15.3 Å². The van der Waals surface area contributed by atoms with Gasteiger partial charge in [-0.3, -0.25) is 4.90 Å². The maximum atomic E-state index is 3.78. The van der Waals surface area contributed by atoms with Crippen LogP contribution in [-0.2, 0) is 5.54 Å². The molecule has 1 saturated heterocycles. The van der Waals surface area contributed by atoms with Crippen LogP contribution in [0.25, 0.3) is 0 Å². The molecule has 1 aromatic rings. The Morgan fingerprint density at radius 3 is 2.71 bits per heavy atom. The molecule has 2 atom stereocenters. The molecule has 0 bridgehead atoms. The van der Waals surface area contributed by atoms with E-state index in [1.165, 1.54) is 44.2 Å². The summed E-state index contributed by atoms with van der Waals surface area (Å²) in [5.74, 6) is 0. The van der Waals surface area contributed by atoms with Crippen molar-refractivity contribution in [3.8, 4) is 0 Å². The van der Waals surface area contributed by atoms with Crippen LogP contribution in [0, 0.1) is 0 Å². The zero-order chi connectivity index (χ0) is 15.1. The van der Waals surface area contributed by atoms with Gasteiger partial charge in [0.1, 0.15) is 0 Å². The Morgan fingerprint density at radius 2 is 2.00 bits per heavy atom. The molecule has 2 heteroatoms. The maximum absolute atomic E-state index is 3.78. The highest BCUT2D eigenvalue weighted by molar-refractivity contribution is 5.24. The molecule has 2 nitrogen and oxygen atoms in total. The molecule has 0 aromatic heterocycles. The number of unbranched alkanes of at least 4 members (excludes halogenated alkanes) is 2. The van der Waals surface area contributed by atoms with Crippen molar-refractivity contribution in [3.63, 3.8) is 0 Å². The van der Waals surface area contributed by atoms with Gasteiger partial charge in [-0.25, -0.2) is 0 Å².